The van der Waals surface area contributed by atoms with Crippen LogP contribution in [0.5, 0.6) is 0 Å². The van der Waals surface area contributed by atoms with Crippen LogP contribution < -0.4 is 0 Å². The highest BCUT2D eigenvalue weighted by Gasteiger charge is 2.45. The van der Waals surface area contributed by atoms with Gasteiger partial charge in [-0.25, -0.2) is 0 Å². The van der Waals surface area contributed by atoms with Crippen molar-refractivity contribution in [1.82, 2.24) is 0 Å². The Bertz CT molecular complexity index is 630. The van der Waals surface area contributed by atoms with Gasteiger partial charge in [0.05, 0.1) is 0 Å². The number of rotatable bonds is 5. The Kier molecular flexibility index (Phi) is 4.56. The third-order valence-electron chi connectivity index (χ3n) is 7.34. The molecule has 4 aliphatic rings. The Labute approximate surface area is 147 Å². The van der Waals surface area contributed by atoms with E-state index in [2.05, 4.69) is 25.2 Å². The molecule has 2 unspecified atom stereocenters. The predicted octanol–water partition coefficient (Wildman–Crippen LogP) is 6.02. The topological polar surface area (TPSA) is 20.2 Å². The SMILES string of the molecule is CCC(CCO)(C1=CC=CC1)C1CCCC2=C1CC1=C2CCCC1. The van der Waals surface area contributed by atoms with Gasteiger partial charge in [-0.15, -0.1) is 0 Å². The summed E-state index contributed by atoms with van der Waals surface area (Å²) < 4.78 is 0. The summed E-state index contributed by atoms with van der Waals surface area (Å²) >= 11 is 0. The van der Waals surface area contributed by atoms with Crippen molar-refractivity contribution in [2.75, 3.05) is 6.61 Å². The van der Waals surface area contributed by atoms with Gasteiger partial charge in [0.25, 0.3) is 0 Å². The van der Waals surface area contributed by atoms with Gasteiger partial charge >= 0.3 is 0 Å². The van der Waals surface area contributed by atoms with E-state index in [0.717, 1.165) is 19.3 Å². The van der Waals surface area contributed by atoms with E-state index in [0.29, 0.717) is 12.5 Å². The minimum Gasteiger partial charge on any atom is -0.396 e. The molecular formula is C23H32O. The van der Waals surface area contributed by atoms with Crippen molar-refractivity contribution in [3.63, 3.8) is 0 Å². The molecule has 0 radical (unpaired) electrons. The average molecular weight is 325 g/mol. The minimum absolute atomic E-state index is 0.188. The zero-order valence-electron chi connectivity index (χ0n) is 15.2. The predicted molar refractivity (Wildman–Crippen MR) is 101 cm³/mol. The van der Waals surface area contributed by atoms with E-state index in [1.807, 2.05) is 0 Å². The van der Waals surface area contributed by atoms with Crippen LogP contribution in [0.1, 0.15) is 77.6 Å². The molecule has 0 amide bonds. The fourth-order valence-corrected chi connectivity index (χ4v) is 6.19. The van der Waals surface area contributed by atoms with Crippen LogP contribution >= 0.6 is 0 Å². The van der Waals surface area contributed by atoms with E-state index in [1.165, 1.54) is 51.4 Å². The largest absolute Gasteiger partial charge is 0.396 e. The number of allylic oxidation sites excluding steroid dienone is 8. The summed E-state index contributed by atoms with van der Waals surface area (Å²) in [4.78, 5) is 0. The lowest BCUT2D eigenvalue weighted by Crippen LogP contribution is -2.36. The quantitative estimate of drug-likeness (QED) is 0.655. The van der Waals surface area contributed by atoms with Gasteiger partial charge in [0, 0.05) is 12.0 Å². The average Bonchev–Trinajstić information content (AvgIpc) is 3.27. The lowest BCUT2D eigenvalue weighted by molar-refractivity contribution is 0.142. The van der Waals surface area contributed by atoms with Gasteiger partial charge in [0.15, 0.2) is 0 Å². The van der Waals surface area contributed by atoms with Gasteiger partial charge in [-0.3, -0.25) is 0 Å². The highest BCUT2D eigenvalue weighted by molar-refractivity contribution is 5.51. The van der Waals surface area contributed by atoms with Gasteiger partial charge in [-0.05, 0) is 87.7 Å². The maximum Gasteiger partial charge on any atom is 0.0439 e. The first-order valence-corrected chi connectivity index (χ1v) is 10.2. The van der Waals surface area contributed by atoms with E-state index in [-0.39, 0.29) is 5.41 Å². The van der Waals surface area contributed by atoms with Crippen molar-refractivity contribution in [3.05, 3.63) is 46.1 Å². The van der Waals surface area contributed by atoms with E-state index >= 15 is 0 Å². The third-order valence-corrected chi connectivity index (χ3v) is 7.34. The second-order valence-electron chi connectivity index (χ2n) is 8.22. The summed E-state index contributed by atoms with van der Waals surface area (Å²) in [5.41, 5.74) is 8.88. The fourth-order valence-electron chi connectivity index (χ4n) is 6.19. The van der Waals surface area contributed by atoms with Crippen molar-refractivity contribution in [2.45, 2.75) is 77.6 Å². The Morgan fingerprint density at radius 1 is 1.12 bits per heavy atom. The van der Waals surface area contributed by atoms with E-state index < -0.39 is 0 Å². The molecule has 0 heterocycles. The van der Waals surface area contributed by atoms with Crippen molar-refractivity contribution >= 4 is 0 Å². The number of aliphatic hydroxyl groups excluding tert-OH is 1. The maximum absolute atomic E-state index is 9.90. The van der Waals surface area contributed by atoms with Crippen molar-refractivity contribution in [2.24, 2.45) is 11.3 Å². The number of hydrogen-bond acceptors (Lipinski definition) is 1. The van der Waals surface area contributed by atoms with Crippen LogP contribution in [0.2, 0.25) is 0 Å². The van der Waals surface area contributed by atoms with Crippen LogP contribution in [0.4, 0.5) is 0 Å². The monoisotopic (exact) mass is 324 g/mol. The first-order valence-electron chi connectivity index (χ1n) is 10.2. The van der Waals surface area contributed by atoms with E-state index in [4.69, 9.17) is 0 Å². The summed E-state index contributed by atoms with van der Waals surface area (Å²) in [6.45, 7) is 2.67. The molecule has 0 fully saturated rings. The molecule has 1 N–H and O–H groups in total. The summed E-state index contributed by atoms with van der Waals surface area (Å²) in [6.07, 6.45) is 20.8. The molecule has 1 heteroatoms. The normalized spacial score (nSPS) is 28.8. The fraction of sp³-hybridized carbons (Fsp3) is 0.652. The first-order chi connectivity index (χ1) is 11.8. The van der Waals surface area contributed by atoms with Crippen molar-refractivity contribution < 1.29 is 5.11 Å². The Balaban J connectivity index is 1.72. The lowest BCUT2D eigenvalue weighted by atomic mass is 9.59. The van der Waals surface area contributed by atoms with Crippen LogP contribution in [0.3, 0.4) is 0 Å². The van der Waals surface area contributed by atoms with Crippen LogP contribution in [0.15, 0.2) is 46.1 Å². The molecule has 24 heavy (non-hydrogen) atoms. The van der Waals surface area contributed by atoms with Crippen LogP contribution in [-0.2, 0) is 0 Å². The molecule has 4 rings (SSSR count). The van der Waals surface area contributed by atoms with Gasteiger partial charge in [0.2, 0.25) is 0 Å². The number of hydrogen-bond donors (Lipinski definition) is 1. The first kappa shape index (κ1) is 16.4. The van der Waals surface area contributed by atoms with E-state index in [1.54, 1.807) is 27.9 Å². The van der Waals surface area contributed by atoms with Gasteiger partial charge in [0.1, 0.15) is 0 Å². The Morgan fingerprint density at radius 3 is 2.71 bits per heavy atom. The molecule has 0 aromatic heterocycles. The molecule has 2 atom stereocenters. The zero-order chi connectivity index (χ0) is 16.6. The standard InChI is InChI=1S/C23H32O/c1-2-23(14-15-24,18-9-4-5-10-18)22-13-7-12-20-19-11-6-3-8-17(19)16-21(20)22/h4-5,9,22,24H,2-3,6-8,10-16H2,1H3. The van der Waals surface area contributed by atoms with Crippen molar-refractivity contribution in [1.29, 1.82) is 0 Å². The van der Waals surface area contributed by atoms with E-state index in [9.17, 15) is 5.11 Å². The number of fused-ring (bicyclic) bond motifs is 1. The summed E-state index contributed by atoms with van der Waals surface area (Å²) in [5, 5.41) is 9.90. The lowest BCUT2D eigenvalue weighted by Gasteiger charge is -2.45. The molecule has 130 valence electrons. The molecule has 4 aliphatic carbocycles. The molecule has 0 saturated heterocycles. The second-order valence-corrected chi connectivity index (χ2v) is 8.22. The smallest absolute Gasteiger partial charge is 0.0439 e. The summed E-state index contributed by atoms with van der Waals surface area (Å²) in [6, 6.07) is 0. The summed E-state index contributed by atoms with van der Waals surface area (Å²) in [5.74, 6) is 0.662. The molecule has 0 saturated carbocycles. The second kappa shape index (κ2) is 6.67. The highest BCUT2D eigenvalue weighted by Crippen LogP contribution is 2.57. The van der Waals surface area contributed by atoms with Gasteiger partial charge < -0.3 is 5.11 Å². The van der Waals surface area contributed by atoms with Gasteiger partial charge in [-0.2, -0.15) is 0 Å². The molecule has 0 aliphatic heterocycles. The van der Waals surface area contributed by atoms with Crippen molar-refractivity contribution in [3.8, 4) is 0 Å². The molecule has 1 nitrogen and oxygen atoms in total. The third kappa shape index (κ3) is 2.47. The highest BCUT2D eigenvalue weighted by atomic mass is 16.3. The molecular weight excluding hydrogens is 292 g/mol. The van der Waals surface area contributed by atoms with Gasteiger partial charge in [-0.1, -0.05) is 41.9 Å². The maximum atomic E-state index is 9.90. The molecule has 0 aromatic carbocycles. The molecule has 0 bridgehead atoms. The van der Waals surface area contributed by atoms with Crippen LogP contribution in [0, 0.1) is 11.3 Å². The van der Waals surface area contributed by atoms with Crippen LogP contribution in [-0.4, -0.2) is 11.7 Å². The summed E-state index contributed by atoms with van der Waals surface area (Å²) in [7, 11) is 0. The Morgan fingerprint density at radius 2 is 1.96 bits per heavy atom. The molecule has 0 aromatic rings. The zero-order valence-corrected chi connectivity index (χ0v) is 15.2. The number of aliphatic hydroxyl groups is 1. The minimum atomic E-state index is 0.188. The van der Waals surface area contributed by atoms with Crippen LogP contribution in [0.25, 0.3) is 0 Å². The Hall–Kier alpha value is -1.08. The molecule has 0 spiro atoms.